The summed E-state index contributed by atoms with van der Waals surface area (Å²) in [5.74, 6) is 0.748. The number of carbonyl (C=O) groups is 2. The monoisotopic (exact) mass is 1270 g/mol. The Morgan fingerprint density at radius 3 is 0.898 bits per heavy atom. The summed E-state index contributed by atoms with van der Waals surface area (Å²) >= 11 is 6.66. The zero-order valence-electron chi connectivity index (χ0n) is 56.0. The van der Waals surface area contributed by atoms with Crippen molar-refractivity contribution < 1.29 is 9.59 Å². The summed E-state index contributed by atoms with van der Waals surface area (Å²) < 4.78 is 6.42. The first-order chi connectivity index (χ1) is 43.2. The van der Waals surface area contributed by atoms with Gasteiger partial charge in [0.05, 0.1) is 30.2 Å². The molecule has 0 bridgehead atoms. The number of rotatable bonds is 50. The van der Waals surface area contributed by atoms with Crippen LogP contribution in [-0.4, -0.2) is 21.7 Å². The highest BCUT2D eigenvalue weighted by atomic mass is 32.1. The molecule has 6 aromatic heterocycles. The molecule has 2 atom stereocenters. The third-order valence-corrected chi connectivity index (χ3v) is 24.2. The fraction of sp³-hybridized carbons (Fsp3) is 0.667. The Hall–Kier alpha value is -3.70. The lowest BCUT2D eigenvalue weighted by atomic mass is 9.93. The quantitative estimate of drug-likeness (QED) is 0.0216. The van der Waals surface area contributed by atoms with Gasteiger partial charge in [-0.25, -0.2) is 0 Å². The summed E-state index contributed by atoms with van der Waals surface area (Å²) in [6.07, 6.45) is 53.1. The van der Waals surface area contributed by atoms with Crippen LogP contribution in [0.5, 0.6) is 0 Å². The summed E-state index contributed by atoms with van der Waals surface area (Å²) in [5, 5.41) is 3.11. The van der Waals surface area contributed by atoms with E-state index in [1.54, 1.807) is 45.3 Å². The fourth-order valence-electron chi connectivity index (χ4n) is 13.9. The Balaban J connectivity index is 1.39. The molecule has 7 rings (SSSR count). The Morgan fingerprint density at radius 1 is 0.330 bits per heavy atom. The van der Waals surface area contributed by atoms with Crippen molar-refractivity contribution in [3.05, 3.63) is 78.0 Å². The molecule has 0 radical (unpaired) electrons. The van der Waals surface area contributed by atoms with Crippen LogP contribution in [0.1, 0.15) is 329 Å². The van der Waals surface area contributed by atoms with Crippen molar-refractivity contribution >= 4 is 99.9 Å². The van der Waals surface area contributed by atoms with Gasteiger partial charge >= 0.3 is 0 Å². The average molecular weight is 1270 g/mol. The fourth-order valence-corrected chi connectivity index (χ4v) is 18.5. The van der Waals surface area contributed by atoms with Crippen molar-refractivity contribution in [2.24, 2.45) is 11.8 Å². The summed E-state index contributed by atoms with van der Waals surface area (Å²) in [7, 11) is 0. The summed E-state index contributed by atoms with van der Waals surface area (Å²) in [6, 6.07) is 13.3. The van der Waals surface area contributed by atoms with Crippen LogP contribution in [0, 0.1) is 11.8 Å². The highest BCUT2D eigenvalue weighted by Gasteiger charge is 2.25. The summed E-state index contributed by atoms with van der Waals surface area (Å²) in [5.41, 5.74) is 4.26. The predicted octanol–water partition coefficient (Wildman–Crippen LogP) is 25.9. The van der Waals surface area contributed by atoms with Crippen molar-refractivity contribution in [3.63, 3.8) is 0 Å². The van der Waals surface area contributed by atoms with Gasteiger partial charge in [-0.1, -0.05) is 260 Å². The van der Waals surface area contributed by atoms with Crippen LogP contribution in [0.3, 0.4) is 0 Å². The maximum absolute atomic E-state index is 16.0. The number of hydrogen-bond donors (Lipinski definition) is 0. The lowest BCUT2D eigenvalue weighted by Crippen LogP contribution is -2.26. The predicted molar refractivity (Wildman–Crippen MR) is 391 cm³/mol. The van der Waals surface area contributed by atoms with Gasteiger partial charge in [0, 0.05) is 54.1 Å². The molecule has 10 heteroatoms. The SMILES string of the molecule is CCCCCCCCCCC(CCCCCCCC)Cn1c(=O)c2cc3c(cc2c2sc(-c4cc(CCCCCC)c(C=O)s4)cc21)c(=O)n(CC(CCCCCCCC)CCCCCCCCCC)c1cc(-c2cc(CCCCCC)c(C=O)s2)sc31. The first-order valence-corrected chi connectivity index (χ1v) is 39.7. The Kier molecular flexibility index (Phi) is 32.9. The molecule has 0 N–H and O–H groups in total. The number of unbranched alkanes of at least 4 members (excludes halogenated alkanes) is 30. The van der Waals surface area contributed by atoms with E-state index < -0.39 is 0 Å². The minimum Gasteiger partial charge on any atom is -0.307 e. The smallest absolute Gasteiger partial charge is 0.259 e. The van der Waals surface area contributed by atoms with Crippen LogP contribution in [0.25, 0.3) is 61.5 Å². The van der Waals surface area contributed by atoms with Gasteiger partial charge in [0.1, 0.15) is 0 Å². The molecule has 0 saturated heterocycles. The minimum atomic E-state index is 0.0362. The van der Waals surface area contributed by atoms with Crippen molar-refractivity contribution in [3.8, 4) is 19.5 Å². The highest BCUT2D eigenvalue weighted by molar-refractivity contribution is 7.28. The van der Waals surface area contributed by atoms with E-state index in [0.29, 0.717) is 35.7 Å². The molecular formula is C78H116N2O4S4. The van der Waals surface area contributed by atoms with E-state index in [2.05, 4.69) is 87.1 Å². The number of aromatic nitrogens is 2. The normalized spacial score (nSPS) is 12.7. The van der Waals surface area contributed by atoms with Crippen LogP contribution >= 0.6 is 45.3 Å². The molecule has 0 aliphatic carbocycles. The molecule has 486 valence electrons. The Labute approximate surface area is 548 Å². The summed E-state index contributed by atoms with van der Waals surface area (Å²) in [4.78, 5) is 63.4. The number of thiophene rings is 4. The van der Waals surface area contributed by atoms with E-state index in [1.807, 2.05) is 0 Å². The number of pyridine rings is 2. The lowest BCUT2D eigenvalue weighted by Gasteiger charge is -2.21. The van der Waals surface area contributed by atoms with Gasteiger partial charge in [-0.05, 0) is 111 Å². The van der Waals surface area contributed by atoms with Crippen LogP contribution in [0.2, 0.25) is 0 Å². The molecule has 6 nitrogen and oxygen atoms in total. The van der Waals surface area contributed by atoms with Gasteiger partial charge in [-0.3, -0.25) is 19.2 Å². The summed E-state index contributed by atoms with van der Waals surface area (Å²) in [6.45, 7) is 15.0. The number of aryl methyl sites for hydroxylation is 2. The van der Waals surface area contributed by atoms with E-state index in [4.69, 9.17) is 0 Å². The molecular weight excluding hydrogens is 1160 g/mol. The van der Waals surface area contributed by atoms with E-state index in [-0.39, 0.29) is 11.1 Å². The molecule has 6 heterocycles. The van der Waals surface area contributed by atoms with Gasteiger partial charge in [0.25, 0.3) is 11.1 Å². The van der Waals surface area contributed by atoms with Crippen LogP contribution in [0.4, 0.5) is 0 Å². The van der Waals surface area contributed by atoms with Gasteiger partial charge in [0.15, 0.2) is 12.6 Å². The second kappa shape index (κ2) is 40.3. The first kappa shape index (κ1) is 71.7. The van der Waals surface area contributed by atoms with Crippen molar-refractivity contribution in [1.29, 1.82) is 0 Å². The lowest BCUT2D eigenvalue weighted by molar-refractivity contribution is 0.111. The first-order valence-electron chi connectivity index (χ1n) is 36.5. The van der Waals surface area contributed by atoms with Gasteiger partial charge < -0.3 is 9.13 Å². The molecule has 88 heavy (non-hydrogen) atoms. The zero-order chi connectivity index (χ0) is 62.3. The molecule has 7 aromatic rings. The molecule has 0 spiro atoms. The van der Waals surface area contributed by atoms with E-state index in [1.165, 1.54) is 205 Å². The maximum atomic E-state index is 16.0. The molecule has 0 amide bonds. The minimum absolute atomic E-state index is 0.0362. The maximum Gasteiger partial charge on any atom is 0.259 e. The van der Waals surface area contributed by atoms with Gasteiger partial charge in [-0.15, -0.1) is 45.3 Å². The van der Waals surface area contributed by atoms with E-state index in [9.17, 15) is 9.59 Å². The number of nitrogens with zero attached hydrogens (tertiary/aromatic N) is 2. The molecule has 0 fully saturated rings. The van der Waals surface area contributed by atoms with E-state index >= 15 is 9.59 Å². The third kappa shape index (κ3) is 21.2. The van der Waals surface area contributed by atoms with E-state index in [0.717, 1.165) is 148 Å². The molecule has 2 unspecified atom stereocenters. The van der Waals surface area contributed by atoms with Crippen LogP contribution in [-0.2, 0) is 25.9 Å². The van der Waals surface area contributed by atoms with Crippen molar-refractivity contribution in [1.82, 2.24) is 9.13 Å². The second-order valence-electron chi connectivity index (χ2n) is 26.7. The number of carbonyl (C=O) groups excluding carboxylic acids is 2. The topological polar surface area (TPSA) is 78.1 Å². The number of aldehydes is 2. The highest BCUT2D eigenvalue weighted by Crippen LogP contribution is 2.45. The van der Waals surface area contributed by atoms with Gasteiger partial charge in [0.2, 0.25) is 0 Å². The third-order valence-electron chi connectivity index (χ3n) is 19.3. The number of hydrogen-bond acceptors (Lipinski definition) is 8. The van der Waals surface area contributed by atoms with Crippen LogP contribution in [0.15, 0.2) is 46.0 Å². The zero-order valence-corrected chi connectivity index (χ0v) is 59.3. The van der Waals surface area contributed by atoms with Crippen molar-refractivity contribution in [2.45, 2.75) is 324 Å². The van der Waals surface area contributed by atoms with Gasteiger partial charge in [-0.2, -0.15) is 0 Å². The molecule has 1 aromatic carbocycles. The standard InChI is InChI=1S/C78H116N2O4S4/c1-7-13-19-25-29-31-35-39-45-59(43-37-33-27-21-15-9-3)55-79-67-53-71(69-49-61(73(57-81)85-69)47-41-23-17-11-5)87-75(67)63-52-66-64(51-65(63)77(79)83)76-68(54-72(88-76)70-50-62(74(58-82)86-70)48-42-24-18-12-6)80(78(66)84)56-60(44-38-34-28-22-16-10-4)46-40-36-32-30-26-20-14-8-2/h49-54,57-60H,7-48,55-56H2,1-6H3. The molecule has 0 saturated carbocycles. The van der Waals surface area contributed by atoms with Crippen LogP contribution < -0.4 is 11.1 Å². The Bertz CT molecular complexity index is 3060. The molecule has 0 aliphatic rings. The second-order valence-corrected chi connectivity index (χ2v) is 30.9. The molecule has 0 aliphatic heterocycles. The number of benzene rings is 1. The van der Waals surface area contributed by atoms with Crippen molar-refractivity contribution in [2.75, 3.05) is 0 Å². The average Bonchev–Trinajstić information content (AvgIpc) is 1.91. The number of fused-ring (bicyclic) bond motifs is 6. The largest absolute Gasteiger partial charge is 0.307 e. The Morgan fingerprint density at radius 2 is 0.602 bits per heavy atom.